The molecule has 186 valence electrons. The number of halogens is 1. The van der Waals surface area contributed by atoms with Crippen LogP contribution in [0.15, 0.2) is 93.9 Å². The first-order chi connectivity index (χ1) is 18.4. The molecule has 0 saturated heterocycles. The van der Waals surface area contributed by atoms with E-state index in [0.717, 1.165) is 31.9 Å². The lowest BCUT2D eigenvalue weighted by atomic mass is 10.1. The monoisotopic (exact) mass is 565 g/mol. The molecule has 0 aliphatic heterocycles. The van der Waals surface area contributed by atoms with Crippen molar-refractivity contribution in [2.45, 2.75) is 6.92 Å². The van der Waals surface area contributed by atoms with Gasteiger partial charge in [-0.3, -0.25) is 14.7 Å². The molecule has 2 heterocycles. The van der Waals surface area contributed by atoms with Crippen molar-refractivity contribution >= 4 is 61.0 Å². The number of rotatable bonds is 5. The number of nitrogens with one attached hydrogen (secondary N) is 3. The minimum atomic E-state index is -0.345. The summed E-state index contributed by atoms with van der Waals surface area (Å²) in [5.41, 5.74) is 5.09. The fourth-order valence-corrected chi connectivity index (χ4v) is 4.68. The standard InChI is InChI=1S/C29H20BrN5O3/c1-16(36)32-24-11-8-20(30)14-22(24)28(37)33-21-9-6-17(7-10-21)27-23(15-31-35-27)29-34-25-12-18-4-2-3-5-19(18)13-26(25)38-29/h2-15H,1H3,(H,31,35)(H,32,36)(H,33,37). The van der Waals surface area contributed by atoms with Crippen LogP contribution in [-0.2, 0) is 4.79 Å². The highest BCUT2D eigenvalue weighted by Gasteiger charge is 2.18. The van der Waals surface area contributed by atoms with E-state index in [0.29, 0.717) is 34.1 Å². The number of oxazole rings is 1. The van der Waals surface area contributed by atoms with Crippen LogP contribution in [0.5, 0.6) is 0 Å². The number of hydrogen-bond acceptors (Lipinski definition) is 5. The molecule has 9 heteroatoms. The summed E-state index contributed by atoms with van der Waals surface area (Å²) >= 11 is 3.38. The summed E-state index contributed by atoms with van der Waals surface area (Å²) < 4.78 is 6.82. The SMILES string of the molecule is CC(=O)Nc1ccc(Br)cc1C(=O)Nc1ccc(-c2n[nH]cc2-c2nc3cc4ccccc4cc3o2)cc1. The number of carbonyl (C=O) groups is 2. The fourth-order valence-electron chi connectivity index (χ4n) is 4.31. The molecule has 0 atom stereocenters. The fraction of sp³-hybridized carbons (Fsp3) is 0.0345. The smallest absolute Gasteiger partial charge is 0.257 e. The van der Waals surface area contributed by atoms with Gasteiger partial charge in [-0.05, 0) is 53.2 Å². The zero-order chi connectivity index (χ0) is 26.2. The average molecular weight is 566 g/mol. The number of hydrogen-bond donors (Lipinski definition) is 3. The molecule has 0 saturated carbocycles. The Morgan fingerprint density at radius 2 is 1.68 bits per heavy atom. The second kappa shape index (κ2) is 9.60. The lowest BCUT2D eigenvalue weighted by molar-refractivity contribution is -0.114. The number of benzene rings is 4. The van der Waals surface area contributed by atoms with Crippen molar-refractivity contribution in [2.24, 2.45) is 0 Å². The van der Waals surface area contributed by atoms with Crippen LogP contribution in [0.3, 0.4) is 0 Å². The molecule has 0 aliphatic carbocycles. The van der Waals surface area contributed by atoms with Crippen molar-refractivity contribution in [3.05, 3.63) is 95.1 Å². The molecule has 2 amide bonds. The molecular formula is C29H20BrN5O3. The number of nitrogens with zero attached hydrogens (tertiary/aromatic N) is 2. The van der Waals surface area contributed by atoms with E-state index in [1.807, 2.05) is 48.5 Å². The predicted octanol–water partition coefficient (Wildman–Crippen LogP) is 7.01. The molecule has 0 aliphatic rings. The number of fused-ring (bicyclic) bond motifs is 2. The number of H-pyrrole nitrogens is 1. The van der Waals surface area contributed by atoms with Gasteiger partial charge in [-0.1, -0.05) is 52.3 Å². The first-order valence-corrected chi connectivity index (χ1v) is 12.6. The van der Waals surface area contributed by atoms with Gasteiger partial charge in [0.25, 0.3) is 5.91 Å². The predicted molar refractivity (Wildman–Crippen MR) is 151 cm³/mol. The van der Waals surface area contributed by atoms with E-state index < -0.39 is 0 Å². The molecule has 0 radical (unpaired) electrons. The van der Waals surface area contributed by atoms with Crippen molar-refractivity contribution in [1.82, 2.24) is 15.2 Å². The summed E-state index contributed by atoms with van der Waals surface area (Å²) in [6.07, 6.45) is 1.76. The zero-order valence-electron chi connectivity index (χ0n) is 20.1. The van der Waals surface area contributed by atoms with E-state index in [9.17, 15) is 9.59 Å². The van der Waals surface area contributed by atoms with Gasteiger partial charge >= 0.3 is 0 Å². The van der Waals surface area contributed by atoms with E-state index in [4.69, 9.17) is 9.40 Å². The molecule has 4 aromatic carbocycles. The topological polar surface area (TPSA) is 113 Å². The van der Waals surface area contributed by atoms with Crippen LogP contribution in [0.2, 0.25) is 0 Å². The van der Waals surface area contributed by atoms with Crippen molar-refractivity contribution < 1.29 is 14.0 Å². The minimum absolute atomic E-state index is 0.257. The van der Waals surface area contributed by atoms with Crippen LogP contribution >= 0.6 is 15.9 Å². The van der Waals surface area contributed by atoms with Gasteiger partial charge in [0.2, 0.25) is 11.8 Å². The number of anilines is 2. The van der Waals surface area contributed by atoms with E-state index in [1.165, 1.54) is 6.92 Å². The molecule has 8 nitrogen and oxygen atoms in total. The third-order valence-corrected chi connectivity index (χ3v) is 6.57. The van der Waals surface area contributed by atoms with Crippen molar-refractivity contribution in [2.75, 3.05) is 10.6 Å². The maximum Gasteiger partial charge on any atom is 0.257 e. The zero-order valence-corrected chi connectivity index (χ0v) is 21.7. The van der Waals surface area contributed by atoms with Gasteiger partial charge in [0.05, 0.1) is 16.8 Å². The summed E-state index contributed by atoms with van der Waals surface area (Å²) in [5.74, 6) is -0.133. The minimum Gasteiger partial charge on any atom is -0.436 e. The third kappa shape index (κ3) is 4.55. The second-order valence-electron chi connectivity index (χ2n) is 8.74. The van der Waals surface area contributed by atoms with Crippen molar-refractivity contribution in [1.29, 1.82) is 0 Å². The normalized spacial score (nSPS) is 11.1. The maximum atomic E-state index is 13.0. The Morgan fingerprint density at radius 1 is 0.921 bits per heavy atom. The van der Waals surface area contributed by atoms with Crippen LogP contribution in [0.1, 0.15) is 17.3 Å². The van der Waals surface area contributed by atoms with Gasteiger partial charge in [-0.25, -0.2) is 4.98 Å². The summed E-state index contributed by atoms with van der Waals surface area (Å²) in [6, 6.07) is 24.5. The quantitative estimate of drug-likeness (QED) is 0.208. The lowest BCUT2D eigenvalue weighted by Crippen LogP contribution is -2.16. The molecule has 3 N–H and O–H groups in total. The van der Waals surface area contributed by atoms with Crippen LogP contribution in [-0.4, -0.2) is 27.0 Å². The summed E-state index contributed by atoms with van der Waals surface area (Å²) in [7, 11) is 0. The van der Waals surface area contributed by atoms with Gasteiger partial charge < -0.3 is 15.1 Å². The Labute approximate surface area is 225 Å². The second-order valence-corrected chi connectivity index (χ2v) is 9.65. The molecular weight excluding hydrogens is 546 g/mol. The van der Waals surface area contributed by atoms with Gasteiger partial charge in [0.15, 0.2) is 5.58 Å². The van der Waals surface area contributed by atoms with Crippen molar-refractivity contribution in [3.8, 4) is 22.7 Å². The van der Waals surface area contributed by atoms with Crippen LogP contribution in [0.4, 0.5) is 11.4 Å². The molecule has 6 aromatic rings. The van der Waals surface area contributed by atoms with Gasteiger partial charge in [0, 0.05) is 28.8 Å². The van der Waals surface area contributed by atoms with E-state index in [-0.39, 0.29) is 11.8 Å². The van der Waals surface area contributed by atoms with E-state index in [1.54, 1.807) is 36.5 Å². The third-order valence-electron chi connectivity index (χ3n) is 6.08. The van der Waals surface area contributed by atoms with Crippen molar-refractivity contribution in [3.63, 3.8) is 0 Å². The Bertz CT molecular complexity index is 1790. The molecule has 2 aromatic heterocycles. The maximum absolute atomic E-state index is 13.0. The number of amides is 2. The summed E-state index contributed by atoms with van der Waals surface area (Å²) in [5, 5.41) is 15.1. The highest BCUT2D eigenvalue weighted by atomic mass is 79.9. The van der Waals surface area contributed by atoms with Crippen LogP contribution < -0.4 is 10.6 Å². The Kier molecular flexibility index (Phi) is 5.97. The molecule has 0 unspecified atom stereocenters. The number of aromatic amines is 1. The number of carbonyl (C=O) groups excluding carboxylic acids is 2. The van der Waals surface area contributed by atoms with Crippen LogP contribution in [0.25, 0.3) is 44.6 Å². The lowest BCUT2D eigenvalue weighted by Gasteiger charge is -2.11. The first-order valence-electron chi connectivity index (χ1n) is 11.8. The first kappa shape index (κ1) is 23.6. The van der Waals surface area contributed by atoms with E-state index in [2.05, 4.69) is 36.8 Å². The highest BCUT2D eigenvalue weighted by Crippen LogP contribution is 2.33. The van der Waals surface area contributed by atoms with Crippen LogP contribution in [0, 0.1) is 0 Å². The highest BCUT2D eigenvalue weighted by molar-refractivity contribution is 9.10. The molecule has 6 rings (SSSR count). The summed E-state index contributed by atoms with van der Waals surface area (Å²) in [4.78, 5) is 29.2. The molecule has 0 fully saturated rings. The Morgan fingerprint density at radius 3 is 2.45 bits per heavy atom. The molecule has 38 heavy (non-hydrogen) atoms. The largest absolute Gasteiger partial charge is 0.436 e. The Hall–Kier alpha value is -4.76. The number of aromatic nitrogens is 3. The van der Waals surface area contributed by atoms with Gasteiger partial charge in [0.1, 0.15) is 11.2 Å². The molecule has 0 spiro atoms. The average Bonchev–Trinajstić information content (AvgIpc) is 3.55. The van der Waals surface area contributed by atoms with Gasteiger partial charge in [-0.15, -0.1) is 0 Å². The Balaban J connectivity index is 1.26. The molecule has 0 bridgehead atoms. The van der Waals surface area contributed by atoms with E-state index >= 15 is 0 Å². The summed E-state index contributed by atoms with van der Waals surface area (Å²) in [6.45, 7) is 1.40. The van der Waals surface area contributed by atoms with Gasteiger partial charge in [-0.2, -0.15) is 5.10 Å².